The second kappa shape index (κ2) is 9.97. The fourth-order valence-electron chi connectivity index (χ4n) is 2.89. The summed E-state index contributed by atoms with van der Waals surface area (Å²) in [7, 11) is 0. The predicted octanol–water partition coefficient (Wildman–Crippen LogP) is 5.22. The van der Waals surface area contributed by atoms with Gasteiger partial charge in [0.1, 0.15) is 17.0 Å². The molecule has 34 heavy (non-hydrogen) atoms. The molecular formula is C24H27ClF2N2O5. The van der Waals surface area contributed by atoms with Crippen LogP contribution < -0.4 is 11.1 Å². The fraction of sp³-hybridized carbons (Fsp3) is 0.375. The maximum absolute atomic E-state index is 15.5. The minimum atomic E-state index is -2.08. The van der Waals surface area contributed by atoms with Crippen LogP contribution in [0.2, 0.25) is 5.02 Å². The van der Waals surface area contributed by atoms with E-state index >= 15 is 4.39 Å². The Labute approximate surface area is 201 Å². The number of hydrogen-bond donors (Lipinski definition) is 2. The molecule has 0 heterocycles. The number of benzene rings is 2. The lowest BCUT2D eigenvalue weighted by molar-refractivity contribution is -0.169. The lowest BCUT2D eigenvalue weighted by atomic mass is 9.96. The van der Waals surface area contributed by atoms with Crippen LogP contribution in [0, 0.1) is 11.6 Å². The van der Waals surface area contributed by atoms with Crippen molar-refractivity contribution in [1.29, 1.82) is 0 Å². The Balaban J connectivity index is 2.55. The molecule has 3 N–H and O–H groups in total. The SMILES string of the molecule is CC(C)(C)OC(=O)C(C(=O)OC(C)(C)C)c1c(F)ccc(NC(=O)c2cc(N)ccc2Cl)c1F. The molecule has 0 atom stereocenters. The van der Waals surface area contributed by atoms with E-state index in [1.54, 1.807) is 0 Å². The summed E-state index contributed by atoms with van der Waals surface area (Å²) in [5.74, 6) is -7.86. The lowest BCUT2D eigenvalue weighted by Crippen LogP contribution is -2.36. The molecule has 10 heteroatoms. The van der Waals surface area contributed by atoms with E-state index in [9.17, 15) is 18.8 Å². The zero-order valence-corrected chi connectivity index (χ0v) is 20.5. The summed E-state index contributed by atoms with van der Waals surface area (Å²) in [5.41, 5.74) is 2.35. The van der Waals surface area contributed by atoms with E-state index in [4.69, 9.17) is 26.8 Å². The number of halogens is 3. The van der Waals surface area contributed by atoms with Gasteiger partial charge in [0.15, 0.2) is 11.7 Å². The first-order valence-electron chi connectivity index (χ1n) is 10.3. The van der Waals surface area contributed by atoms with Crippen molar-refractivity contribution in [3.05, 3.63) is 58.1 Å². The van der Waals surface area contributed by atoms with Gasteiger partial charge in [-0.3, -0.25) is 14.4 Å². The van der Waals surface area contributed by atoms with E-state index in [0.29, 0.717) is 0 Å². The molecule has 0 aliphatic heterocycles. The van der Waals surface area contributed by atoms with Gasteiger partial charge in [0.05, 0.1) is 21.8 Å². The van der Waals surface area contributed by atoms with Crippen LogP contribution >= 0.6 is 11.6 Å². The smallest absolute Gasteiger partial charge is 0.325 e. The van der Waals surface area contributed by atoms with Crippen molar-refractivity contribution in [2.75, 3.05) is 11.1 Å². The van der Waals surface area contributed by atoms with E-state index in [-0.39, 0.29) is 16.3 Å². The third-order valence-corrected chi connectivity index (χ3v) is 4.51. The van der Waals surface area contributed by atoms with Crippen LogP contribution in [-0.4, -0.2) is 29.0 Å². The van der Waals surface area contributed by atoms with Crippen LogP contribution in [0.3, 0.4) is 0 Å². The molecule has 0 aliphatic carbocycles. The molecule has 0 saturated carbocycles. The molecular weight excluding hydrogens is 470 g/mol. The van der Waals surface area contributed by atoms with Gasteiger partial charge in [-0.15, -0.1) is 0 Å². The van der Waals surface area contributed by atoms with Crippen molar-refractivity contribution in [3.8, 4) is 0 Å². The molecule has 0 aromatic heterocycles. The second-order valence-electron chi connectivity index (χ2n) is 9.52. The Morgan fingerprint density at radius 1 is 0.941 bits per heavy atom. The third kappa shape index (κ3) is 6.90. The van der Waals surface area contributed by atoms with Gasteiger partial charge in [-0.2, -0.15) is 0 Å². The van der Waals surface area contributed by atoms with Gasteiger partial charge in [-0.05, 0) is 71.9 Å². The molecule has 2 aromatic carbocycles. The number of ether oxygens (including phenoxy) is 2. The average molecular weight is 497 g/mol. The summed E-state index contributed by atoms with van der Waals surface area (Å²) in [6.45, 7) is 9.22. The first-order valence-corrected chi connectivity index (χ1v) is 10.7. The van der Waals surface area contributed by atoms with E-state index < -0.39 is 57.9 Å². The number of amides is 1. The van der Waals surface area contributed by atoms with Crippen LogP contribution in [0.4, 0.5) is 20.2 Å². The van der Waals surface area contributed by atoms with Crippen LogP contribution in [-0.2, 0) is 19.1 Å². The maximum Gasteiger partial charge on any atom is 0.325 e. The van der Waals surface area contributed by atoms with Gasteiger partial charge in [0.2, 0.25) is 0 Å². The summed E-state index contributed by atoms with van der Waals surface area (Å²) in [5, 5.41) is 2.32. The van der Waals surface area contributed by atoms with E-state index in [2.05, 4.69) is 5.32 Å². The highest BCUT2D eigenvalue weighted by Gasteiger charge is 2.40. The number of hydrogen-bond acceptors (Lipinski definition) is 6. The number of nitrogens with one attached hydrogen (secondary N) is 1. The fourth-order valence-corrected chi connectivity index (χ4v) is 3.09. The van der Waals surface area contributed by atoms with Crippen LogP contribution in [0.15, 0.2) is 30.3 Å². The number of anilines is 2. The average Bonchev–Trinajstić information content (AvgIpc) is 2.66. The molecule has 7 nitrogen and oxygen atoms in total. The van der Waals surface area contributed by atoms with Gasteiger partial charge in [0, 0.05) is 5.69 Å². The molecule has 1 amide bonds. The molecule has 184 valence electrons. The van der Waals surface area contributed by atoms with Crippen molar-refractivity contribution >= 4 is 40.8 Å². The van der Waals surface area contributed by atoms with Crippen molar-refractivity contribution in [1.82, 2.24) is 0 Å². The van der Waals surface area contributed by atoms with E-state index in [1.165, 1.54) is 59.7 Å². The minimum Gasteiger partial charge on any atom is -0.459 e. The molecule has 0 aliphatic rings. The van der Waals surface area contributed by atoms with Gasteiger partial charge in [0.25, 0.3) is 5.91 Å². The number of esters is 2. The zero-order valence-electron chi connectivity index (χ0n) is 19.7. The summed E-state index contributed by atoms with van der Waals surface area (Å²) >= 11 is 6.02. The van der Waals surface area contributed by atoms with Crippen molar-refractivity contribution < 1.29 is 32.6 Å². The van der Waals surface area contributed by atoms with E-state index in [1.807, 2.05) is 0 Å². The van der Waals surface area contributed by atoms with Crippen molar-refractivity contribution in [2.45, 2.75) is 58.7 Å². The normalized spacial score (nSPS) is 11.8. The van der Waals surface area contributed by atoms with Crippen molar-refractivity contribution in [3.63, 3.8) is 0 Å². The summed E-state index contributed by atoms with van der Waals surface area (Å²) in [4.78, 5) is 38.4. The number of carbonyl (C=O) groups excluding carboxylic acids is 3. The Hall–Kier alpha value is -3.20. The summed E-state index contributed by atoms with van der Waals surface area (Å²) in [6, 6.07) is 5.91. The Kier molecular flexibility index (Phi) is 7.93. The molecule has 0 radical (unpaired) electrons. The van der Waals surface area contributed by atoms with Crippen LogP contribution in [0.1, 0.15) is 63.4 Å². The van der Waals surface area contributed by atoms with Gasteiger partial charge < -0.3 is 20.5 Å². The predicted molar refractivity (Wildman–Crippen MR) is 125 cm³/mol. The monoisotopic (exact) mass is 496 g/mol. The van der Waals surface area contributed by atoms with E-state index in [0.717, 1.165) is 12.1 Å². The Bertz CT molecular complexity index is 1100. The first kappa shape index (κ1) is 27.0. The van der Waals surface area contributed by atoms with Crippen molar-refractivity contribution in [2.24, 2.45) is 0 Å². The highest BCUT2D eigenvalue weighted by molar-refractivity contribution is 6.34. The number of nitrogen functional groups attached to an aromatic ring is 1. The molecule has 0 unspecified atom stereocenters. The number of carbonyl (C=O) groups is 3. The highest BCUT2D eigenvalue weighted by atomic mass is 35.5. The zero-order chi connectivity index (χ0) is 26.0. The molecule has 0 spiro atoms. The largest absolute Gasteiger partial charge is 0.459 e. The van der Waals surface area contributed by atoms with Gasteiger partial charge in [-0.1, -0.05) is 11.6 Å². The van der Waals surface area contributed by atoms with Gasteiger partial charge in [-0.25, -0.2) is 8.78 Å². The number of rotatable bonds is 5. The highest BCUT2D eigenvalue weighted by Crippen LogP contribution is 2.32. The molecule has 0 saturated heterocycles. The Morgan fingerprint density at radius 3 is 1.97 bits per heavy atom. The third-order valence-electron chi connectivity index (χ3n) is 4.18. The summed E-state index contributed by atoms with van der Waals surface area (Å²) in [6.07, 6.45) is 0. The standard InChI is InChI=1S/C24H27ClF2N2O5/c1-23(2,3)33-21(31)18(22(32)34-24(4,5)6)17-15(26)9-10-16(19(17)27)29-20(30)13-11-12(28)7-8-14(13)25/h7-11,18H,28H2,1-6H3,(H,29,30). The Morgan fingerprint density at radius 2 is 1.47 bits per heavy atom. The quantitative estimate of drug-likeness (QED) is 0.334. The molecule has 0 bridgehead atoms. The van der Waals surface area contributed by atoms with Gasteiger partial charge >= 0.3 is 11.9 Å². The topological polar surface area (TPSA) is 108 Å². The molecule has 2 rings (SSSR count). The minimum absolute atomic E-state index is 0.0508. The van der Waals surface area contributed by atoms with Crippen LogP contribution in [0.5, 0.6) is 0 Å². The first-order chi connectivity index (χ1) is 15.5. The molecule has 0 fully saturated rings. The maximum atomic E-state index is 15.5. The van der Waals surface area contributed by atoms with Crippen LogP contribution in [0.25, 0.3) is 0 Å². The summed E-state index contributed by atoms with van der Waals surface area (Å²) < 4.78 is 40.8. The second-order valence-corrected chi connectivity index (χ2v) is 9.92. The lowest BCUT2D eigenvalue weighted by Gasteiger charge is -2.27. The number of nitrogens with two attached hydrogens (primary N) is 1. The molecule has 2 aromatic rings.